The number of ketones is 1. The summed E-state index contributed by atoms with van der Waals surface area (Å²) in [6.07, 6.45) is 29.3. The average molecular weight is 538 g/mol. The van der Waals surface area contributed by atoms with E-state index in [9.17, 15) is 14.7 Å². The van der Waals surface area contributed by atoms with Crippen molar-refractivity contribution in [2.45, 2.75) is 144 Å². The van der Waals surface area contributed by atoms with Crippen LogP contribution in [-0.4, -0.2) is 11.8 Å². The van der Waals surface area contributed by atoms with Gasteiger partial charge in [0.15, 0.2) is 5.78 Å². The lowest BCUT2D eigenvalue weighted by Gasteiger charge is -2.32. The standard InChI is InChI=1S/C36H58O3/c1-7-8-14-22-32(23-15-12-10-9-11-13-16-24-35(38)39)34(37)28-30(3)20-17-19-29(2)25-26-33-31(4)21-18-27-36(33,5)6/h17,19-20,25-26,28,32H,7-16,18,21-24,27H2,1-6H3,(H,38,39)/p-1/b20-17+,26-25+,29-19+,30-28+. The lowest BCUT2D eigenvalue weighted by atomic mass is 9.72. The highest BCUT2D eigenvalue weighted by atomic mass is 16.4. The summed E-state index contributed by atoms with van der Waals surface area (Å²) in [6.45, 7) is 13.3. The van der Waals surface area contributed by atoms with Crippen molar-refractivity contribution in [3.8, 4) is 0 Å². The van der Waals surface area contributed by atoms with Crippen LogP contribution in [0.4, 0.5) is 0 Å². The Morgan fingerprint density at radius 2 is 1.51 bits per heavy atom. The number of unbranched alkanes of at least 4 members (excludes halogenated alkanes) is 8. The van der Waals surface area contributed by atoms with E-state index in [1.165, 1.54) is 48.8 Å². The van der Waals surface area contributed by atoms with Crippen molar-refractivity contribution in [2.75, 3.05) is 0 Å². The topological polar surface area (TPSA) is 57.2 Å². The van der Waals surface area contributed by atoms with Gasteiger partial charge in [-0.3, -0.25) is 4.79 Å². The number of carboxylic acid groups (broad SMARTS) is 1. The van der Waals surface area contributed by atoms with Crippen LogP contribution in [0.5, 0.6) is 0 Å². The molecule has 0 aromatic heterocycles. The molecule has 0 aliphatic heterocycles. The molecule has 39 heavy (non-hydrogen) atoms. The second kappa shape index (κ2) is 19.8. The molecule has 0 aromatic carbocycles. The molecule has 0 bridgehead atoms. The Morgan fingerprint density at radius 3 is 2.13 bits per heavy atom. The van der Waals surface area contributed by atoms with E-state index in [0.717, 1.165) is 69.8 Å². The van der Waals surface area contributed by atoms with Crippen LogP contribution >= 0.6 is 0 Å². The van der Waals surface area contributed by atoms with Crippen LogP contribution in [0.25, 0.3) is 0 Å². The number of aliphatic carboxylic acids is 1. The quantitative estimate of drug-likeness (QED) is 0.0882. The molecule has 0 N–H and O–H groups in total. The van der Waals surface area contributed by atoms with Crippen LogP contribution in [0.1, 0.15) is 144 Å². The largest absolute Gasteiger partial charge is 0.550 e. The fourth-order valence-electron chi connectivity index (χ4n) is 5.64. The molecule has 0 saturated carbocycles. The van der Waals surface area contributed by atoms with Gasteiger partial charge in [-0.05, 0) is 88.4 Å². The minimum absolute atomic E-state index is 0.124. The Morgan fingerprint density at radius 1 is 0.897 bits per heavy atom. The predicted molar refractivity (Wildman–Crippen MR) is 165 cm³/mol. The third-order valence-corrected chi connectivity index (χ3v) is 8.14. The third kappa shape index (κ3) is 15.9. The number of hydrogen-bond acceptors (Lipinski definition) is 3. The summed E-state index contributed by atoms with van der Waals surface area (Å²) in [5, 5.41) is 10.5. The molecular weight excluding hydrogens is 480 g/mol. The van der Waals surface area contributed by atoms with Gasteiger partial charge in [-0.2, -0.15) is 0 Å². The Bertz CT molecular complexity index is 894. The molecule has 3 nitrogen and oxygen atoms in total. The number of carboxylic acids is 1. The molecule has 0 fully saturated rings. The lowest BCUT2D eigenvalue weighted by molar-refractivity contribution is -0.305. The maximum atomic E-state index is 13.1. The first-order valence-electron chi connectivity index (χ1n) is 15.7. The fraction of sp³-hybridized carbons (Fsp3) is 0.667. The molecule has 1 rings (SSSR count). The zero-order valence-electron chi connectivity index (χ0n) is 26.1. The maximum absolute atomic E-state index is 13.1. The Balaban J connectivity index is 2.59. The lowest BCUT2D eigenvalue weighted by Crippen LogP contribution is -2.21. The van der Waals surface area contributed by atoms with E-state index in [0.29, 0.717) is 0 Å². The smallest absolute Gasteiger partial charge is 0.159 e. The molecule has 220 valence electrons. The van der Waals surface area contributed by atoms with Gasteiger partial charge in [-0.1, -0.05) is 120 Å². The molecule has 0 radical (unpaired) electrons. The van der Waals surface area contributed by atoms with Gasteiger partial charge in [0.1, 0.15) is 0 Å². The van der Waals surface area contributed by atoms with Crippen LogP contribution < -0.4 is 5.11 Å². The van der Waals surface area contributed by atoms with Gasteiger partial charge < -0.3 is 9.90 Å². The predicted octanol–water partition coefficient (Wildman–Crippen LogP) is 9.54. The SMILES string of the molecule is CCCCCC(CCCCCCCCCC(=O)[O-])C(=O)/C=C(C)/C=C/C=C(C)/C=C/C1=C(C)CCCC1(C)C. The van der Waals surface area contributed by atoms with Crippen molar-refractivity contribution in [1.82, 2.24) is 0 Å². The van der Waals surface area contributed by atoms with Crippen LogP contribution in [0.2, 0.25) is 0 Å². The van der Waals surface area contributed by atoms with Crippen molar-refractivity contribution < 1.29 is 14.7 Å². The van der Waals surface area contributed by atoms with E-state index >= 15 is 0 Å². The summed E-state index contributed by atoms with van der Waals surface area (Å²) >= 11 is 0. The molecule has 1 unspecified atom stereocenters. The summed E-state index contributed by atoms with van der Waals surface area (Å²) in [5.74, 6) is -0.545. The Labute approximate surface area is 240 Å². The Hall–Kier alpha value is -2.16. The molecule has 3 heteroatoms. The second-order valence-electron chi connectivity index (χ2n) is 12.4. The summed E-state index contributed by atoms with van der Waals surface area (Å²) < 4.78 is 0. The van der Waals surface area contributed by atoms with E-state index in [-0.39, 0.29) is 23.5 Å². The molecular formula is C36H57O3-. The van der Waals surface area contributed by atoms with Gasteiger partial charge in [0.2, 0.25) is 0 Å². The second-order valence-corrected chi connectivity index (χ2v) is 12.4. The summed E-state index contributed by atoms with van der Waals surface area (Å²) in [4.78, 5) is 23.6. The molecule has 1 aliphatic carbocycles. The van der Waals surface area contributed by atoms with Crippen LogP contribution in [0, 0.1) is 11.3 Å². The normalized spacial score (nSPS) is 17.4. The first-order valence-corrected chi connectivity index (χ1v) is 15.7. The van der Waals surface area contributed by atoms with Crippen molar-refractivity contribution >= 4 is 11.8 Å². The number of hydrogen-bond donors (Lipinski definition) is 0. The fourth-order valence-corrected chi connectivity index (χ4v) is 5.64. The summed E-state index contributed by atoms with van der Waals surface area (Å²) in [7, 11) is 0. The summed E-state index contributed by atoms with van der Waals surface area (Å²) in [6, 6.07) is 0. The number of carbonyl (C=O) groups is 2. The van der Waals surface area contributed by atoms with Gasteiger partial charge >= 0.3 is 0 Å². The number of carbonyl (C=O) groups excluding carboxylic acids is 2. The van der Waals surface area contributed by atoms with E-state index in [1.54, 1.807) is 0 Å². The van der Waals surface area contributed by atoms with E-state index < -0.39 is 5.97 Å². The number of rotatable bonds is 20. The van der Waals surface area contributed by atoms with Crippen LogP contribution in [0.15, 0.2) is 58.7 Å². The number of allylic oxidation sites excluding steroid dienone is 10. The molecule has 0 spiro atoms. The first-order chi connectivity index (χ1) is 18.6. The maximum Gasteiger partial charge on any atom is 0.159 e. The van der Waals surface area contributed by atoms with Crippen molar-refractivity contribution in [3.63, 3.8) is 0 Å². The molecule has 1 atom stereocenters. The molecule has 0 saturated heterocycles. The van der Waals surface area contributed by atoms with Gasteiger partial charge in [0.25, 0.3) is 0 Å². The van der Waals surface area contributed by atoms with Gasteiger partial charge in [0, 0.05) is 11.9 Å². The van der Waals surface area contributed by atoms with Crippen molar-refractivity contribution in [1.29, 1.82) is 0 Å². The highest BCUT2D eigenvalue weighted by molar-refractivity contribution is 5.92. The minimum Gasteiger partial charge on any atom is -0.550 e. The molecule has 0 amide bonds. The summed E-state index contributed by atoms with van der Waals surface area (Å²) in [5.41, 5.74) is 5.47. The van der Waals surface area contributed by atoms with Crippen LogP contribution in [0.3, 0.4) is 0 Å². The molecule has 1 aliphatic rings. The van der Waals surface area contributed by atoms with Crippen molar-refractivity contribution in [3.05, 3.63) is 58.7 Å². The molecule has 0 heterocycles. The van der Waals surface area contributed by atoms with Crippen molar-refractivity contribution in [2.24, 2.45) is 11.3 Å². The highest BCUT2D eigenvalue weighted by Crippen LogP contribution is 2.40. The third-order valence-electron chi connectivity index (χ3n) is 8.14. The zero-order chi connectivity index (χ0) is 29.1. The zero-order valence-corrected chi connectivity index (χ0v) is 26.1. The van der Waals surface area contributed by atoms with Gasteiger partial charge in [0.05, 0.1) is 0 Å². The Kier molecular flexibility index (Phi) is 17.7. The monoisotopic (exact) mass is 537 g/mol. The average Bonchev–Trinajstić information content (AvgIpc) is 2.85. The van der Waals surface area contributed by atoms with E-state index in [1.807, 2.05) is 19.1 Å². The first kappa shape index (κ1) is 34.9. The molecule has 0 aromatic rings. The van der Waals surface area contributed by atoms with Gasteiger partial charge in [-0.15, -0.1) is 0 Å². The highest BCUT2D eigenvalue weighted by Gasteiger charge is 2.26. The van der Waals surface area contributed by atoms with Crippen LogP contribution in [-0.2, 0) is 9.59 Å². The van der Waals surface area contributed by atoms with E-state index in [4.69, 9.17) is 0 Å². The van der Waals surface area contributed by atoms with Gasteiger partial charge in [-0.25, -0.2) is 0 Å². The van der Waals surface area contributed by atoms with E-state index in [2.05, 4.69) is 58.9 Å². The minimum atomic E-state index is -0.945.